The molecule has 2 heterocycles. The number of ether oxygens (including phenoxy) is 3. The summed E-state index contributed by atoms with van der Waals surface area (Å²) >= 11 is 6.22. The van der Waals surface area contributed by atoms with Crippen molar-refractivity contribution >= 4 is 17.5 Å². The summed E-state index contributed by atoms with van der Waals surface area (Å²) in [7, 11) is 1.63. The predicted molar refractivity (Wildman–Crippen MR) is 120 cm³/mol. The number of methoxy groups -OCH3 is 1. The second-order valence-corrected chi connectivity index (χ2v) is 8.49. The van der Waals surface area contributed by atoms with Crippen molar-refractivity contribution in [1.29, 1.82) is 0 Å². The number of fused-ring (bicyclic) bond motifs is 1. The fourth-order valence-corrected chi connectivity index (χ4v) is 4.51. The second kappa shape index (κ2) is 10.5. The molecule has 2 aromatic rings. The molecule has 0 saturated carbocycles. The van der Waals surface area contributed by atoms with E-state index in [1.54, 1.807) is 13.2 Å². The van der Waals surface area contributed by atoms with Gasteiger partial charge in [-0.25, -0.2) is 4.39 Å². The lowest BCUT2D eigenvalue weighted by molar-refractivity contribution is -0.133. The van der Waals surface area contributed by atoms with E-state index in [9.17, 15) is 9.18 Å². The van der Waals surface area contributed by atoms with Gasteiger partial charge in [-0.2, -0.15) is 0 Å². The molecule has 172 valence electrons. The Bertz CT molecular complexity index is 958. The van der Waals surface area contributed by atoms with Gasteiger partial charge in [0.15, 0.2) is 11.5 Å². The molecular formula is C24H28ClFN2O4. The Morgan fingerprint density at radius 2 is 2.03 bits per heavy atom. The summed E-state index contributed by atoms with van der Waals surface area (Å²) in [6.07, 6.45) is 1.86. The molecule has 1 unspecified atom stereocenters. The van der Waals surface area contributed by atoms with E-state index in [0.717, 1.165) is 35.5 Å². The minimum atomic E-state index is -0.377. The van der Waals surface area contributed by atoms with Gasteiger partial charge < -0.3 is 19.1 Å². The molecule has 4 rings (SSSR count). The molecule has 1 saturated heterocycles. The number of benzene rings is 2. The van der Waals surface area contributed by atoms with Crippen molar-refractivity contribution in [2.75, 3.05) is 46.6 Å². The average Bonchev–Trinajstić information content (AvgIpc) is 3.29. The summed E-state index contributed by atoms with van der Waals surface area (Å²) in [4.78, 5) is 17.2. The third-order valence-electron chi connectivity index (χ3n) is 5.90. The predicted octanol–water partition coefficient (Wildman–Crippen LogP) is 4.06. The van der Waals surface area contributed by atoms with Crippen LogP contribution >= 0.6 is 11.6 Å². The van der Waals surface area contributed by atoms with Crippen LogP contribution < -0.4 is 9.47 Å². The summed E-state index contributed by atoms with van der Waals surface area (Å²) in [6, 6.07) is 10.3. The van der Waals surface area contributed by atoms with Crippen LogP contribution in [0, 0.1) is 5.82 Å². The first-order chi connectivity index (χ1) is 15.5. The van der Waals surface area contributed by atoms with E-state index in [2.05, 4.69) is 0 Å². The molecule has 2 aliphatic rings. The van der Waals surface area contributed by atoms with E-state index in [4.69, 9.17) is 25.8 Å². The van der Waals surface area contributed by atoms with Crippen LogP contribution in [-0.2, 0) is 16.1 Å². The highest BCUT2D eigenvalue weighted by Gasteiger charge is 2.31. The van der Waals surface area contributed by atoms with Gasteiger partial charge in [-0.3, -0.25) is 9.69 Å². The zero-order chi connectivity index (χ0) is 22.5. The Morgan fingerprint density at radius 3 is 2.81 bits per heavy atom. The fraction of sp³-hybridized carbons (Fsp3) is 0.458. The smallest absolute Gasteiger partial charge is 0.237 e. The normalized spacial score (nSPS) is 17.8. The van der Waals surface area contributed by atoms with Crippen LogP contribution in [0.4, 0.5) is 4.39 Å². The Morgan fingerprint density at radius 1 is 1.22 bits per heavy atom. The van der Waals surface area contributed by atoms with Crippen molar-refractivity contribution in [3.8, 4) is 11.5 Å². The Kier molecular flexibility index (Phi) is 7.50. The molecule has 0 N–H and O–H groups in total. The van der Waals surface area contributed by atoms with E-state index in [0.29, 0.717) is 44.5 Å². The van der Waals surface area contributed by atoms with Gasteiger partial charge in [0.05, 0.1) is 19.2 Å². The van der Waals surface area contributed by atoms with Crippen molar-refractivity contribution in [1.82, 2.24) is 9.80 Å². The van der Waals surface area contributed by atoms with Gasteiger partial charge in [0, 0.05) is 31.8 Å². The molecule has 2 aromatic carbocycles. The van der Waals surface area contributed by atoms with Crippen LogP contribution in [0.2, 0.25) is 5.02 Å². The van der Waals surface area contributed by atoms with Crippen molar-refractivity contribution in [3.05, 3.63) is 58.4 Å². The summed E-state index contributed by atoms with van der Waals surface area (Å²) in [5.41, 5.74) is 1.84. The molecule has 1 atom stereocenters. The summed E-state index contributed by atoms with van der Waals surface area (Å²) in [5, 5.41) is 0.357. The Labute approximate surface area is 192 Å². The van der Waals surface area contributed by atoms with Crippen LogP contribution in [0.25, 0.3) is 0 Å². The number of halogens is 2. The highest BCUT2D eigenvalue weighted by Crippen LogP contribution is 2.38. The van der Waals surface area contributed by atoms with Crippen molar-refractivity contribution < 1.29 is 23.4 Å². The van der Waals surface area contributed by atoms with Crippen molar-refractivity contribution in [2.24, 2.45) is 0 Å². The van der Waals surface area contributed by atoms with Crippen molar-refractivity contribution in [3.63, 3.8) is 0 Å². The number of rotatable bonds is 8. The average molecular weight is 463 g/mol. The summed E-state index contributed by atoms with van der Waals surface area (Å²) in [6.45, 7) is 3.53. The second-order valence-electron chi connectivity index (χ2n) is 8.09. The monoisotopic (exact) mass is 462 g/mol. The van der Waals surface area contributed by atoms with E-state index >= 15 is 0 Å². The number of amides is 1. The molecule has 0 aliphatic carbocycles. The third kappa shape index (κ3) is 5.34. The van der Waals surface area contributed by atoms with Gasteiger partial charge in [0.25, 0.3) is 0 Å². The van der Waals surface area contributed by atoms with Crippen LogP contribution in [-0.4, -0.2) is 62.3 Å². The molecule has 0 radical (unpaired) electrons. The molecule has 1 fully saturated rings. The zero-order valence-corrected chi connectivity index (χ0v) is 18.9. The molecule has 0 spiro atoms. The fourth-order valence-electron chi connectivity index (χ4n) is 4.29. The number of carbonyl (C=O) groups is 1. The maximum absolute atomic E-state index is 13.4. The third-order valence-corrected chi connectivity index (χ3v) is 6.26. The maximum atomic E-state index is 13.4. The SMILES string of the molecule is COCCN(CC(=O)N1CCCC1c1ccc2c(c1)OCCO2)Cc1ccc(F)cc1Cl. The Hall–Kier alpha value is -2.35. The van der Waals surface area contributed by atoms with Gasteiger partial charge >= 0.3 is 0 Å². The van der Waals surface area contributed by atoms with Crippen LogP contribution in [0.1, 0.15) is 30.0 Å². The topological polar surface area (TPSA) is 51.2 Å². The quantitative estimate of drug-likeness (QED) is 0.592. The van der Waals surface area contributed by atoms with Crippen molar-refractivity contribution in [2.45, 2.75) is 25.4 Å². The lowest BCUT2D eigenvalue weighted by Gasteiger charge is -2.30. The Balaban J connectivity index is 1.46. The molecule has 1 amide bonds. The van der Waals surface area contributed by atoms with Crippen LogP contribution in [0.3, 0.4) is 0 Å². The van der Waals surface area contributed by atoms with E-state index in [-0.39, 0.29) is 24.3 Å². The molecule has 0 aromatic heterocycles. The maximum Gasteiger partial charge on any atom is 0.237 e. The number of likely N-dealkylation sites (tertiary alicyclic amines) is 1. The van der Waals surface area contributed by atoms with Crippen LogP contribution in [0.15, 0.2) is 36.4 Å². The number of nitrogens with zero attached hydrogens (tertiary/aromatic N) is 2. The molecule has 0 bridgehead atoms. The molecule has 8 heteroatoms. The number of carbonyl (C=O) groups excluding carboxylic acids is 1. The molecule has 32 heavy (non-hydrogen) atoms. The highest BCUT2D eigenvalue weighted by molar-refractivity contribution is 6.31. The van der Waals surface area contributed by atoms with Gasteiger partial charge in [-0.1, -0.05) is 23.7 Å². The van der Waals surface area contributed by atoms with Gasteiger partial charge in [0.1, 0.15) is 19.0 Å². The lowest BCUT2D eigenvalue weighted by Crippen LogP contribution is -2.41. The van der Waals surface area contributed by atoms with Gasteiger partial charge in [-0.05, 0) is 48.2 Å². The molecular weight excluding hydrogens is 435 g/mol. The lowest BCUT2D eigenvalue weighted by atomic mass is 10.0. The van der Waals surface area contributed by atoms with Crippen LogP contribution in [0.5, 0.6) is 11.5 Å². The van der Waals surface area contributed by atoms with Gasteiger partial charge in [0.2, 0.25) is 5.91 Å². The van der Waals surface area contributed by atoms with E-state index < -0.39 is 0 Å². The largest absolute Gasteiger partial charge is 0.486 e. The summed E-state index contributed by atoms with van der Waals surface area (Å²) in [5.74, 6) is 1.16. The molecule has 2 aliphatic heterocycles. The minimum absolute atomic E-state index is 0.0111. The first kappa shape index (κ1) is 22.8. The van der Waals surface area contributed by atoms with E-state index in [1.807, 2.05) is 28.0 Å². The molecule has 6 nitrogen and oxygen atoms in total. The highest BCUT2D eigenvalue weighted by atomic mass is 35.5. The minimum Gasteiger partial charge on any atom is -0.486 e. The standard InChI is InChI=1S/C24H28ClFN2O4/c1-30-10-9-27(15-18-4-6-19(26)14-20(18)25)16-24(29)28-8-2-3-21(28)17-5-7-22-23(13-17)32-12-11-31-22/h4-7,13-14,21H,2-3,8-12,15-16H2,1H3. The number of hydrogen-bond donors (Lipinski definition) is 0. The van der Waals surface area contributed by atoms with E-state index in [1.165, 1.54) is 12.1 Å². The first-order valence-electron chi connectivity index (χ1n) is 10.9. The summed E-state index contributed by atoms with van der Waals surface area (Å²) < 4.78 is 30.0. The van der Waals surface area contributed by atoms with Gasteiger partial charge in [-0.15, -0.1) is 0 Å². The number of hydrogen-bond acceptors (Lipinski definition) is 5. The zero-order valence-electron chi connectivity index (χ0n) is 18.2. The first-order valence-corrected chi connectivity index (χ1v) is 11.3.